The minimum atomic E-state index is -4.04. The first-order valence-corrected chi connectivity index (χ1v) is 13.0. The van der Waals surface area contributed by atoms with E-state index in [2.05, 4.69) is 14.7 Å². The fourth-order valence-electron chi connectivity index (χ4n) is 3.64. The predicted molar refractivity (Wildman–Crippen MR) is 134 cm³/mol. The molecular weight excluding hydrogens is 488 g/mol. The highest BCUT2D eigenvalue weighted by atomic mass is 35.5. The third kappa shape index (κ3) is 5.31. The van der Waals surface area contributed by atoms with Crippen LogP contribution in [0.5, 0.6) is 5.75 Å². The van der Waals surface area contributed by atoms with Crippen molar-refractivity contribution in [2.45, 2.75) is 38.6 Å². The van der Waals surface area contributed by atoms with E-state index in [1.54, 1.807) is 24.3 Å². The largest absolute Gasteiger partial charge is 0.494 e. The summed E-state index contributed by atoms with van der Waals surface area (Å²) in [5.41, 5.74) is 2.78. The molecule has 1 amide bonds. The number of carbonyl (C=O) groups excluding carboxylic acids is 1. The van der Waals surface area contributed by atoms with E-state index >= 15 is 0 Å². The fraction of sp³-hybridized carbons (Fsp3) is 0.240. The number of ether oxygens (including phenoxy) is 1. The van der Waals surface area contributed by atoms with Crippen LogP contribution in [-0.2, 0) is 23.0 Å². The second kappa shape index (κ2) is 10.1. The van der Waals surface area contributed by atoms with E-state index in [-0.39, 0.29) is 10.6 Å². The maximum atomic E-state index is 12.8. The molecule has 0 saturated carbocycles. The van der Waals surface area contributed by atoms with Gasteiger partial charge < -0.3 is 9.30 Å². The first-order chi connectivity index (χ1) is 16.7. The molecule has 0 aliphatic heterocycles. The highest BCUT2D eigenvalue weighted by Gasteiger charge is 2.21. The predicted octanol–water partition coefficient (Wildman–Crippen LogP) is 4.52. The fourth-order valence-corrected chi connectivity index (χ4v) is 4.84. The number of carbonyl (C=O) groups is 1. The number of amides is 1. The van der Waals surface area contributed by atoms with Crippen LogP contribution in [0.25, 0.3) is 11.2 Å². The first kappa shape index (κ1) is 24.7. The number of hydrogen-bond donors (Lipinski definition) is 1. The van der Waals surface area contributed by atoms with Crippen molar-refractivity contribution in [2.24, 2.45) is 0 Å². The number of aromatic nitrogens is 3. The number of aryl methyl sites for hydroxylation is 2. The van der Waals surface area contributed by atoms with Crippen LogP contribution in [-0.4, -0.2) is 35.5 Å². The van der Waals surface area contributed by atoms with Gasteiger partial charge in [0.15, 0.2) is 5.65 Å². The molecule has 8 nitrogen and oxygen atoms in total. The summed E-state index contributed by atoms with van der Waals surface area (Å²) in [4.78, 5) is 21.9. The Morgan fingerprint density at radius 2 is 1.80 bits per heavy atom. The van der Waals surface area contributed by atoms with Crippen molar-refractivity contribution < 1.29 is 17.9 Å². The zero-order chi connectivity index (χ0) is 25.2. The molecule has 0 bridgehead atoms. The van der Waals surface area contributed by atoms with Gasteiger partial charge in [0.2, 0.25) is 0 Å². The Morgan fingerprint density at radius 3 is 2.46 bits per heavy atom. The lowest BCUT2D eigenvalue weighted by Gasteiger charge is -2.12. The van der Waals surface area contributed by atoms with Crippen molar-refractivity contribution in [3.63, 3.8) is 0 Å². The highest BCUT2D eigenvalue weighted by Crippen LogP contribution is 2.26. The standard InChI is InChI=1S/C25H25ClN4O4S/c1-4-23-27-21-12-13-22(25(31)29-35(32,33)19-10-6-16(3)7-11-19)28-24(21)30(23)15-17-8-9-18(34-5-2)14-20(17)26/h6-14H,4-5,15H2,1-3H3,(H,29,31). The normalized spacial score (nSPS) is 11.5. The smallest absolute Gasteiger partial charge is 0.283 e. The molecule has 182 valence electrons. The summed E-state index contributed by atoms with van der Waals surface area (Å²) in [5, 5.41) is 0.540. The van der Waals surface area contributed by atoms with Gasteiger partial charge in [-0.25, -0.2) is 23.1 Å². The number of fused-ring (bicyclic) bond motifs is 1. The lowest BCUT2D eigenvalue weighted by molar-refractivity contribution is 0.0977. The second-order valence-electron chi connectivity index (χ2n) is 7.94. The molecule has 4 aromatic rings. The van der Waals surface area contributed by atoms with Gasteiger partial charge in [-0.15, -0.1) is 0 Å². The molecule has 35 heavy (non-hydrogen) atoms. The van der Waals surface area contributed by atoms with Gasteiger partial charge in [0.1, 0.15) is 22.8 Å². The molecule has 2 heterocycles. The van der Waals surface area contributed by atoms with Gasteiger partial charge in [-0.2, -0.15) is 0 Å². The lowest BCUT2D eigenvalue weighted by Crippen LogP contribution is -2.31. The molecular formula is C25H25ClN4O4S. The summed E-state index contributed by atoms with van der Waals surface area (Å²) in [7, 11) is -4.04. The van der Waals surface area contributed by atoms with E-state index in [4.69, 9.17) is 16.3 Å². The Balaban J connectivity index is 1.66. The number of nitrogens with one attached hydrogen (secondary N) is 1. The number of sulfonamides is 1. The van der Waals surface area contributed by atoms with Crippen molar-refractivity contribution in [2.75, 3.05) is 6.61 Å². The van der Waals surface area contributed by atoms with Crippen LogP contribution in [0.1, 0.15) is 41.3 Å². The van der Waals surface area contributed by atoms with Gasteiger partial charge in [0, 0.05) is 11.4 Å². The van der Waals surface area contributed by atoms with Crippen LogP contribution in [0, 0.1) is 6.92 Å². The third-order valence-corrected chi connectivity index (χ3v) is 7.14. The Bertz CT molecular complexity index is 1500. The molecule has 1 N–H and O–H groups in total. The molecule has 10 heteroatoms. The van der Waals surface area contributed by atoms with Gasteiger partial charge >= 0.3 is 0 Å². The van der Waals surface area contributed by atoms with Crippen LogP contribution in [0.4, 0.5) is 0 Å². The molecule has 0 radical (unpaired) electrons. The Labute approximate surface area is 209 Å². The van der Waals surface area contributed by atoms with Crippen LogP contribution < -0.4 is 9.46 Å². The average molecular weight is 513 g/mol. The zero-order valence-electron chi connectivity index (χ0n) is 19.6. The molecule has 4 rings (SSSR count). The minimum Gasteiger partial charge on any atom is -0.494 e. The quantitative estimate of drug-likeness (QED) is 0.372. The number of pyridine rings is 1. The Kier molecular flexibility index (Phi) is 7.09. The van der Waals surface area contributed by atoms with Crippen LogP contribution >= 0.6 is 11.6 Å². The monoisotopic (exact) mass is 512 g/mol. The van der Waals surface area contributed by atoms with Crippen molar-refractivity contribution in [1.82, 2.24) is 19.3 Å². The van der Waals surface area contributed by atoms with Crippen LogP contribution in [0.15, 0.2) is 59.5 Å². The minimum absolute atomic E-state index is 0.000908. The molecule has 0 unspecified atom stereocenters. The van der Waals surface area contributed by atoms with Crippen LogP contribution in [0.3, 0.4) is 0 Å². The average Bonchev–Trinajstić information content (AvgIpc) is 3.17. The van der Waals surface area contributed by atoms with Gasteiger partial charge in [-0.1, -0.05) is 42.3 Å². The maximum Gasteiger partial charge on any atom is 0.283 e. The Morgan fingerprint density at radius 1 is 1.06 bits per heavy atom. The number of nitrogens with zero attached hydrogens (tertiary/aromatic N) is 3. The zero-order valence-corrected chi connectivity index (χ0v) is 21.2. The molecule has 2 aromatic heterocycles. The van der Waals surface area contributed by atoms with Crippen LogP contribution in [0.2, 0.25) is 5.02 Å². The summed E-state index contributed by atoms with van der Waals surface area (Å²) in [6.45, 7) is 6.64. The number of imidazole rings is 1. The lowest BCUT2D eigenvalue weighted by atomic mass is 10.2. The van der Waals surface area contributed by atoms with Gasteiger partial charge in [0.25, 0.3) is 15.9 Å². The first-order valence-electron chi connectivity index (χ1n) is 11.1. The Hall–Kier alpha value is -3.43. The summed E-state index contributed by atoms with van der Waals surface area (Å²) < 4.78 is 34.8. The van der Waals surface area contributed by atoms with Crippen molar-refractivity contribution in [3.8, 4) is 5.75 Å². The molecule has 0 aliphatic rings. The van der Waals surface area contributed by atoms with Gasteiger partial charge in [-0.05, 0) is 55.8 Å². The molecule has 0 saturated heterocycles. The topological polar surface area (TPSA) is 103 Å². The molecule has 0 fully saturated rings. The summed E-state index contributed by atoms with van der Waals surface area (Å²) in [5.74, 6) is 0.624. The van der Waals surface area contributed by atoms with E-state index < -0.39 is 15.9 Å². The summed E-state index contributed by atoms with van der Waals surface area (Å²) in [6.07, 6.45) is 0.633. The SMILES string of the molecule is CCOc1ccc(Cn2c(CC)nc3ccc(C(=O)NS(=O)(=O)c4ccc(C)cc4)nc32)c(Cl)c1. The van der Waals surface area contributed by atoms with Crippen molar-refractivity contribution in [1.29, 1.82) is 0 Å². The molecule has 0 spiro atoms. The highest BCUT2D eigenvalue weighted by molar-refractivity contribution is 7.90. The van der Waals surface area contributed by atoms with E-state index in [0.29, 0.717) is 41.5 Å². The maximum absolute atomic E-state index is 12.8. The van der Waals surface area contributed by atoms with E-state index in [1.807, 2.05) is 37.5 Å². The second-order valence-corrected chi connectivity index (χ2v) is 10.0. The molecule has 2 aromatic carbocycles. The number of halogens is 1. The number of benzene rings is 2. The van der Waals surface area contributed by atoms with Crippen molar-refractivity contribution >= 4 is 38.7 Å². The molecule has 0 aliphatic carbocycles. The number of rotatable bonds is 8. The molecule has 0 atom stereocenters. The number of hydrogen-bond acceptors (Lipinski definition) is 6. The van der Waals surface area contributed by atoms with Crippen molar-refractivity contribution in [3.05, 3.63) is 82.3 Å². The van der Waals surface area contributed by atoms with Gasteiger partial charge in [-0.3, -0.25) is 4.79 Å². The van der Waals surface area contributed by atoms with E-state index in [0.717, 1.165) is 17.0 Å². The summed E-state index contributed by atoms with van der Waals surface area (Å²) in [6, 6.07) is 14.8. The third-order valence-electron chi connectivity index (χ3n) is 5.44. The van der Waals surface area contributed by atoms with E-state index in [1.165, 1.54) is 18.2 Å². The van der Waals surface area contributed by atoms with Gasteiger partial charge in [0.05, 0.1) is 18.0 Å². The van der Waals surface area contributed by atoms with E-state index in [9.17, 15) is 13.2 Å². The summed E-state index contributed by atoms with van der Waals surface area (Å²) >= 11 is 6.49.